The number of nitrogens with one attached hydrogen (secondary N) is 1. The molecule has 1 aromatic rings. The first-order valence-corrected chi connectivity index (χ1v) is 7.57. The average Bonchev–Trinajstić information content (AvgIpc) is 2.50. The van der Waals surface area contributed by atoms with Crippen LogP contribution in [0.15, 0.2) is 24.3 Å². The summed E-state index contributed by atoms with van der Waals surface area (Å²) in [5.41, 5.74) is 5.74. The molecule has 0 radical (unpaired) electrons. The van der Waals surface area contributed by atoms with E-state index in [4.69, 9.17) is 10.5 Å². The number of para-hydroxylation sites is 1. The Hall–Kier alpha value is -1.62. The fourth-order valence-corrected chi connectivity index (χ4v) is 2.77. The van der Waals surface area contributed by atoms with Crippen LogP contribution in [0.25, 0.3) is 0 Å². The molecule has 1 aliphatic rings. The fraction of sp³-hybridized carbons (Fsp3) is 0.562. The third-order valence-electron chi connectivity index (χ3n) is 3.98. The Kier molecular flexibility index (Phi) is 5.99. The molecule has 1 fully saturated rings. The molecule has 2 unspecified atom stereocenters. The van der Waals surface area contributed by atoms with Gasteiger partial charge < -0.3 is 15.8 Å². The fourth-order valence-electron chi connectivity index (χ4n) is 2.77. The van der Waals surface area contributed by atoms with Gasteiger partial charge in [0.25, 0.3) is 0 Å². The first-order chi connectivity index (χ1) is 10.2. The monoisotopic (exact) mass is 294 g/mol. The smallest absolute Gasteiger partial charge is 0.223 e. The van der Waals surface area contributed by atoms with Crippen molar-refractivity contribution in [3.63, 3.8) is 0 Å². The zero-order valence-electron chi connectivity index (χ0n) is 12.2. The number of amides is 1. The molecule has 1 aromatic carbocycles. The minimum absolute atomic E-state index is 0.0586. The van der Waals surface area contributed by atoms with Crippen LogP contribution in [0.4, 0.5) is 4.39 Å². The second-order valence-electron chi connectivity index (χ2n) is 5.48. The summed E-state index contributed by atoms with van der Waals surface area (Å²) in [7, 11) is 0. The lowest BCUT2D eigenvalue weighted by Crippen LogP contribution is -2.45. The van der Waals surface area contributed by atoms with Crippen LogP contribution in [0.3, 0.4) is 0 Å². The van der Waals surface area contributed by atoms with E-state index >= 15 is 0 Å². The Bertz CT molecular complexity index is 467. The lowest BCUT2D eigenvalue weighted by Gasteiger charge is -2.31. The van der Waals surface area contributed by atoms with Crippen LogP contribution in [0.5, 0.6) is 5.75 Å². The van der Waals surface area contributed by atoms with E-state index in [2.05, 4.69) is 5.32 Å². The van der Waals surface area contributed by atoms with Gasteiger partial charge >= 0.3 is 0 Å². The molecule has 0 heterocycles. The lowest BCUT2D eigenvalue weighted by molar-refractivity contribution is -0.122. The van der Waals surface area contributed by atoms with Gasteiger partial charge in [0.05, 0.1) is 13.0 Å². The van der Waals surface area contributed by atoms with Crippen molar-refractivity contribution in [1.82, 2.24) is 5.32 Å². The van der Waals surface area contributed by atoms with Crippen LogP contribution in [0.2, 0.25) is 0 Å². The molecule has 0 aliphatic heterocycles. The number of hydrogen-bond donors (Lipinski definition) is 2. The van der Waals surface area contributed by atoms with Gasteiger partial charge in [0.2, 0.25) is 5.91 Å². The Morgan fingerprint density at radius 1 is 1.33 bits per heavy atom. The highest BCUT2D eigenvalue weighted by Gasteiger charge is 2.25. The summed E-state index contributed by atoms with van der Waals surface area (Å²) < 4.78 is 18.6. The van der Waals surface area contributed by atoms with Crippen molar-refractivity contribution in [1.29, 1.82) is 0 Å². The largest absolute Gasteiger partial charge is 0.490 e. The molecule has 1 amide bonds. The molecular weight excluding hydrogens is 271 g/mol. The number of hydrogen-bond acceptors (Lipinski definition) is 3. The third-order valence-corrected chi connectivity index (χ3v) is 3.98. The van der Waals surface area contributed by atoms with Crippen molar-refractivity contribution >= 4 is 5.91 Å². The first-order valence-electron chi connectivity index (χ1n) is 7.57. The highest BCUT2D eigenvalue weighted by molar-refractivity contribution is 5.76. The summed E-state index contributed by atoms with van der Waals surface area (Å²) in [6.07, 6.45) is 4.61. The normalized spacial score (nSPS) is 21.8. The van der Waals surface area contributed by atoms with Gasteiger partial charge in [0, 0.05) is 6.04 Å². The van der Waals surface area contributed by atoms with Gasteiger partial charge in [-0.05, 0) is 37.4 Å². The number of nitrogens with two attached hydrogens (primary N) is 1. The van der Waals surface area contributed by atoms with E-state index in [9.17, 15) is 9.18 Å². The molecule has 3 N–H and O–H groups in total. The van der Waals surface area contributed by atoms with E-state index in [0.717, 1.165) is 19.3 Å². The summed E-state index contributed by atoms with van der Waals surface area (Å²) in [6, 6.07) is 6.36. The predicted octanol–water partition coefficient (Wildman–Crippen LogP) is 2.23. The Morgan fingerprint density at radius 2 is 2.10 bits per heavy atom. The van der Waals surface area contributed by atoms with Crippen LogP contribution in [0, 0.1) is 11.7 Å². The first kappa shape index (κ1) is 15.8. The van der Waals surface area contributed by atoms with E-state index in [1.54, 1.807) is 18.2 Å². The number of benzene rings is 1. The van der Waals surface area contributed by atoms with E-state index < -0.39 is 5.82 Å². The summed E-state index contributed by atoms with van der Waals surface area (Å²) in [5.74, 6) is 0.0862. The van der Waals surface area contributed by atoms with Gasteiger partial charge in [0.15, 0.2) is 11.6 Å². The average molecular weight is 294 g/mol. The molecule has 2 rings (SSSR count). The number of carbonyl (C=O) groups is 1. The van der Waals surface area contributed by atoms with E-state index in [1.165, 1.54) is 12.5 Å². The minimum Gasteiger partial charge on any atom is -0.490 e. The summed E-state index contributed by atoms with van der Waals surface area (Å²) in [4.78, 5) is 11.9. The topological polar surface area (TPSA) is 64.3 Å². The standard InChI is InChI=1S/C16H23FN2O2/c17-13-6-2-4-8-15(13)21-10-9-16(20)19-14-7-3-1-5-12(14)11-18/h2,4,6,8,12,14H,1,3,5,7,9-11,18H2,(H,19,20). The summed E-state index contributed by atoms with van der Waals surface area (Å²) in [6.45, 7) is 0.781. The molecule has 116 valence electrons. The van der Waals surface area contributed by atoms with E-state index in [0.29, 0.717) is 12.5 Å². The zero-order chi connectivity index (χ0) is 15.1. The maximum Gasteiger partial charge on any atom is 0.223 e. The molecular formula is C16H23FN2O2. The summed E-state index contributed by atoms with van der Waals surface area (Å²) in [5, 5.41) is 3.03. The van der Waals surface area contributed by atoms with Crippen molar-refractivity contribution in [2.75, 3.05) is 13.2 Å². The van der Waals surface area contributed by atoms with Gasteiger partial charge in [-0.15, -0.1) is 0 Å². The highest BCUT2D eigenvalue weighted by Crippen LogP contribution is 2.23. The van der Waals surface area contributed by atoms with E-state index in [-0.39, 0.29) is 30.7 Å². The maximum atomic E-state index is 13.3. The molecule has 21 heavy (non-hydrogen) atoms. The van der Waals surface area contributed by atoms with Crippen molar-refractivity contribution in [3.8, 4) is 5.75 Å². The van der Waals surface area contributed by atoms with Crippen LogP contribution in [-0.4, -0.2) is 25.1 Å². The van der Waals surface area contributed by atoms with Crippen LogP contribution < -0.4 is 15.8 Å². The lowest BCUT2D eigenvalue weighted by atomic mass is 9.84. The second-order valence-corrected chi connectivity index (χ2v) is 5.48. The molecule has 0 spiro atoms. The Labute approximate surface area is 124 Å². The quantitative estimate of drug-likeness (QED) is 0.845. The molecule has 0 bridgehead atoms. The molecule has 1 aliphatic carbocycles. The number of carbonyl (C=O) groups excluding carboxylic acids is 1. The van der Waals surface area contributed by atoms with Gasteiger partial charge in [-0.3, -0.25) is 4.79 Å². The van der Waals surface area contributed by atoms with Gasteiger partial charge in [-0.25, -0.2) is 4.39 Å². The molecule has 5 heteroatoms. The van der Waals surface area contributed by atoms with Crippen LogP contribution in [0.1, 0.15) is 32.1 Å². The molecule has 1 saturated carbocycles. The highest BCUT2D eigenvalue weighted by atomic mass is 19.1. The van der Waals surface area contributed by atoms with Crippen LogP contribution in [-0.2, 0) is 4.79 Å². The Morgan fingerprint density at radius 3 is 2.86 bits per heavy atom. The molecule has 0 aromatic heterocycles. The van der Waals surface area contributed by atoms with Crippen molar-refractivity contribution < 1.29 is 13.9 Å². The van der Waals surface area contributed by atoms with Crippen LogP contribution >= 0.6 is 0 Å². The van der Waals surface area contributed by atoms with Crippen molar-refractivity contribution in [3.05, 3.63) is 30.1 Å². The minimum atomic E-state index is -0.409. The molecule has 2 atom stereocenters. The zero-order valence-corrected chi connectivity index (χ0v) is 12.2. The van der Waals surface area contributed by atoms with Crippen molar-refractivity contribution in [2.45, 2.75) is 38.1 Å². The van der Waals surface area contributed by atoms with Gasteiger partial charge in [-0.2, -0.15) is 0 Å². The second kappa shape index (κ2) is 7.98. The maximum absolute atomic E-state index is 13.3. The van der Waals surface area contributed by atoms with Crippen molar-refractivity contribution in [2.24, 2.45) is 11.7 Å². The number of rotatable bonds is 6. The molecule has 0 saturated heterocycles. The summed E-state index contributed by atoms with van der Waals surface area (Å²) >= 11 is 0. The van der Waals surface area contributed by atoms with Gasteiger partial charge in [0.1, 0.15) is 0 Å². The number of halogens is 1. The van der Waals surface area contributed by atoms with Gasteiger partial charge in [-0.1, -0.05) is 25.0 Å². The Balaban J connectivity index is 1.73. The third kappa shape index (κ3) is 4.70. The predicted molar refractivity (Wildman–Crippen MR) is 79.5 cm³/mol. The SMILES string of the molecule is NCC1CCCCC1NC(=O)CCOc1ccccc1F. The van der Waals surface area contributed by atoms with E-state index in [1.807, 2.05) is 0 Å². The number of ether oxygens (including phenoxy) is 1. The molecule has 4 nitrogen and oxygen atoms in total.